The normalized spacial score (nSPS) is 13.6. The molecular weight excluding hydrogens is 466 g/mol. The van der Waals surface area contributed by atoms with Crippen molar-refractivity contribution >= 4 is 28.0 Å². The molecule has 0 aliphatic rings. The van der Waals surface area contributed by atoms with Crippen LogP contribution in [0, 0.1) is 5.41 Å². The molecule has 0 radical (unpaired) electrons. The Morgan fingerprint density at radius 2 is 1.71 bits per heavy atom. The zero-order chi connectivity index (χ0) is 25.8. The van der Waals surface area contributed by atoms with Crippen molar-refractivity contribution in [1.82, 2.24) is 5.32 Å². The summed E-state index contributed by atoms with van der Waals surface area (Å²) in [6.45, 7) is 3.83. The van der Waals surface area contributed by atoms with Gasteiger partial charge in [-0.1, -0.05) is 44.2 Å². The first kappa shape index (κ1) is 29.5. The van der Waals surface area contributed by atoms with Crippen LogP contribution in [0.5, 0.6) is 0 Å². The lowest BCUT2D eigenvalue weighted by Gasteiger charge is -2.39. The van der Waals surface area contributed by atoms with E-state index in [0.29, 0.717) is 6.42 Å². The second kappa shape index (κ2) is 13.4. The fraction of sp³-hybridized carbons (Fsp3) is 0.609. The number of nitrogens with one attached hydrogen (secondary N) is 1. The second-order valence-electron chi connectivity index (χ2n) is 8.75. The Hall–Kier alpha value is -2.50. The van der Waals surface area contributed by atoms with Gasteiger partial charge >= 0.3 is 11.9 Å². The van der Waals surface area contributed by atoms with Gasteiger partial charge in [-0.05, 0) is 31.2 Å². The molecule has 3 N–H and O–H groups in total. The number of rotatable bonds is 16. The van der Waals surface area contributed by atoms with Crippen LogP contribution in [0.4, 0.5) is 0 Å². The molecular formula is C23H35NO9S. The number of unbranched alkanes of at least 4 members (excludes halogenated alkanes) is 1. The summed E-state index contributed by atoms with van der Waals surface area (Å²) in [5, 5.41) is 23.0. The summed E-state index contributed by atoms with van der Waals surface area (Å²) in [5.74, 6) is -2.54. The molecule has 0 aliphatic carbocycles. The first-order valence-corrected chi connectivity index (χ1v) is 12.6. The van der Waals surface area contributed by atoms with Crippen molar-refractivity contribution in [3.8, 4) is 0 Å². The van der Waals surface area contributed by atoms with E-state index in [1.165, 1.54) is 20.8 Å². The maximum Gasteiger partial charge on any atom is 0.336 e. The molecule has 192 valence electrons. The third-order valence-electron chi connectivity index (χ3n) is 5.41. The molecule has 1 atom stereocenters. The highest BCUT2D eigenvalue weighted by Crippen LogP contribution is 2.36. The van der Waals surface area contributed by atoms with Gasteiger partial charge in [0.25, 0.3) is 10.1 Å². The number of amides is 1. The van der Waals surface area contributed by atoms with Crippen molar-refractivity contribution in [3.05, 3.63) is 35.9 Å². The number of aliphatic carboxylic acids is 1. The average Bonchev–Trinajstić information content (AvgIpc) is 2.75. The smallest absolute Gasteiger partial charge is 0.336 e. The number of hydrogen-bond donors (Lipinski definition) is 3. The van der Waals surface area contributed by atoms with Crippen LogP contribution in [0.3, 0.4) is 0 Å². The third-order valence-corrected chi connectivity index (χ3v) is 6.67. The van der Waals surface area contributed by atoms with E-state index in [-0.39, 0.29) is 50.5 Å². The number of carboxylic acids is 1. The standard InChI is InChI=1S/C23H35NO9S/c1-18(25)24-13-9-15-34(30,31)33-17-22(2,3)23(29,21(27)28)12-7-8-14-32-20(26)16-19-10-5-4-6-11-19/h4-6,10-11,29H,7-9,12-17H2,1-3H3,(H,24,25)(H,27,28)/t23-/m0/s1. The zero-order valence-corrected chi connectivity index (χ0v) is 20.7. The fourth-order valence-corrected chi connectivity index (χ4v) is 4.24. The van der Waals surface area contributed by atoms with Crippen LogP contribution in [0.15, 0.2) is 30.3 Å². The van der Waals surface area contributed by atoms with Gasteiger partial charge in [-0.3, -0.25) is 13.8 Å². The minimum atomic E-state index is -3.98. The molecule has 34 heavy (non-hydrogen) atoms. The predicted molar refractivity (Wildman–Crippen MR) is 124 cm³/mol. The van der Waals surface area contributed by atoms with Crippen LogP contribution in [0.25, 0.3) is 0 Å². The maximum absolute atomic E-state index is 12.1. The quantitative estimate of drug-likeness (QED) is 0.174. The van der Waals surface area contributed by atoms with E-state index >= 15 is 0 Å². The Balaban J connectivity index is 2.52. The molecule has 0 heterocycles. The molecule has 0 saturated heterocycles. The van der Waals surface area contributed by atoms with E-state index in [1.807, 2.05) is 30.3 Å². The summed E-state index contributed by atoms with van der Waals surface area (Å²) in [6.07, 6.45) is 0.637. The summed E-state index contributed by atoms with van der Waals surface area (Å²) < 4.78 is 34.3. The lowest BCUT2D eigenvalue weighted by Crippen LogP contribution is -2.53. The molecule has 0 bridgehead atoms. The van der Waals surface area contributed by atoms with Gasteiger partial charge in [0, 0.05) is 18.9 Å². The monoisotopic (exact) mass is 501 g/mol. The first-order chi connectivity index (χ1) is 15.8. The Labute approximate surface area is 200 Å². The van der Waals surface area contributed by atoms with Crippen molar-refractivity contribution in [1.29, 1.82) is 0 Å². The van der Waals surface area contributed by atoms with Crippen LogP contribution in [-0.2, 0) is 39.8 Å². The molecule has 0 fully saturated rings. The highest BCUT2D eigenvalue weighted by molar-refractivity contribution is 7.86. The molecule has 10 nitrogen and oxygen atoms in total. The largest absolute Gasteiger partial charge is 0.479 e. The molecule has 1 amide bonds. The molecule has 0 saturated carbocycles. The fourth-order valence-electron chi connectivity index (χ4n) is 3.15. The van der Waals surface area contributed by atoms with Crippen molar-refractivity contribution in [3.63, 3.8) is 0 Å². The minimum Gasteiger partial charge on any atom is -0.479 e. The molecule has 0 spiro atoms. The summed E-state index contributed by atoms with van der Waals surface area (Å²) in [4.78, 5) is 34.6. The van der Waals surface area contributed by atoms with Crippen LogP contribution in [-0.4, -0.2) is 67.6 Å². The summed E-state index contributed by atoms with van der Waals surface area (Å²) >= 11 is 0. The van der Waals surface area contributed by atoms with Crippen molar-refractivity contribution < 1.29 is 41.9 Å². The van der Waals surface area contributed by atoms with Gasteiger partial charge in [-0.25, -0.2) is 4.79 Å². The minimum absolute atomic E-state index is 0.0704. The predicted octanol–water partition coefficient (Wildman–Crippen LogP) is 1.66. The number of ether oxygens (including phenoxy) is 1. The second-order valence-corrected chi connectivity index (χ2v) is 10.5. The number of benzene rings is 1. The molecule has 0 aliphatic heterocycles. The number of carbonyl (C=O) groups is 3. The lowest BCUT2D eigenvalue weighted by molar-refractivity contribution is -0.177. The maximum atomic E-state index is 12.1. The summed E-state index contributed by atoms with van der Waals surface area (Å²) in [5.41, 5.74) is -2.88. The van der Waals surface area contributed by atoms with Gasteiger partial charge in [0.2, 0.25) is 5.91 Å². The average molecular weight is 502 g/mol. The number of hydrogen-bond acceptors (Lipinski definition) is 8. The summed E-state index contributed by atoms with van der Waals surface area (Å²) in [6, 6.07) is 9.09. The van der Waals surface area contributed by atoms with Crippen molar-refractivity contribution in [2.24, 2.45) is 5.41 Å². The van der Waals surface area contributed by atoms with Crippen LogP contribution >= 0.6 is 0 Å². The highest BCUT2D eigenvalue weighted by atomic mass is 32.2. The van der Waals surface area contributed by atoms with Crippen molar-refractivity contribution in [2.45, 2.75) is 58.5 Å². The van der Waals surface area contributed by atoms with E-state index in [0.717, 1.165) is 5.56 Å². The van der Waals surface area contributed by atoms with Crippen molar-refractivity contribution in [2.75, 3.05) is 25.5 Å². The van der Waals surface area contributed by atoms with E-state index < -0.39 is 39.7 Å². The van der Waals surface area contributed by atoms with E-state index in [9.17, 15) is 33.0 Å². The Kier molecular flexibility index (Phi) is 11.6. The highest BCUT2D eigenvalue weighted by Gasteiger charge is 2.50. The third kappa shape index (κ3) is 10.2. The Morgan fingerprint density at radius 1 is 1.06 bits per heavy atom. The van der Waals surface area contributed by atoms with E-state index in [4.69, 9.17) is 8.92 Å². The van der Waals surface area contributed by atoms with Gasteiger partial charge < -0.3 is 20.3 Å². The van der Waals surface area contributed by atoms with E-state index in [2.05, 4.69) is 5.32 Å². The first-order valence-electron chi connectivity index (χ1n) is 11.1. The molecule has 0 aromatic heterocycles. The van der Waals surface area contributed by atoms with Gasteiger partial charge in [0.15, 0.2) is 5.60 Å². The van der Waals surface area contributed by atoms with Crippen LogP contribution in [0.1, 0.15) is 52.0 Å². The zero-order valence-electron chi connectivity index (χ0n) is 19.9. The SMILES string of the molecule is CC(=O)NCCCS(=O)(=O)OCC(C)(C)[C@](O)(CCCCOC(=O)Cc1ccccc1)C(=O)O. The van der Waals surface area contributed by atoms with Gasteiger partial charge in [-0.2, -0.15) is 8.42 Å². The lowest BCUT2D eigenvalue weighted by atomic mass is 9.72. The Morgan fingerprint density at radius 3 is 2.29 bits per heavy atom. The summed E-state index contributed by atoms with van der Waals surface area (Å²) in [7, 11) is -3.98. The van der Waals surface area contributed by atoms with Gasteiger partial charge in [0.1, 0.15) is 0 Å². The molecule has 0 unspecified atom stereocenters. The van der Waals surface area contributed by atoms with E-state index in [1.54, 1.807) is 0 Å². The van der Waals surface area contributed by atoms with Crippen LogP contribution < -0.4 is 5.32 Å². The number of esters is 1. The number of carboxylic acid groups (broad SMARTS) is 1. The Bertz CT molecular complexity index is 916. The number of carbonyl (C=O) groups excluding carboxylic acids is 2. The molecule has 11 heteroatoms. The number of aliphatic hydroxyl groups is 1. The molecule has 1 aromatic rings. The van der Waals surface area contributed by atoms with Gasteiger partial charge in [-0.15, -0.1) is 0 Å². The topological polar surface area (TPSA) is 156 Å². The molecule has 1 rings (SSSR count). The van der Waals surface area contributed by atoms with Gasteiger partial charge in [0.05, 0.1) is 25.4 Å². The van der Waals surface area contributed by atoms with Crippen LogP contribution in [0.2, 0.25) is 0 Å². The molecule has 1 aromatic carbocycles.